The molecule has 0 unspecified atom stereocenters. The molecule has 23 heavy (non-hydrogen) atoms. The quantitative estimate of drug-likeness (QED) is 0.516. The lowest BCUT2D eigenvalue weighted by Gasteiger charge is -2.04. The molecule has 0 radical (unpaired) electrons. The number of amides is 1. The molecule has 5 nitrogen and oxygen atoms in total. The Morgan fingerprint density at radius 1 is 1.22 bits per heavy atom. The summed E-state index contributed by atoms with van der Waals surface area (Å²) in [6, 6.07) is 7.13. The number of hydrogen-bond donors (Lipinski definition) is 1. The first-order valence-corrected chi connectivity index (χ1v) is 6.63. The zero-order valence-corrected chi connectivity index (χ0v) is 12.2. The molecule has 118 valence electrons. The highest BCUT2D eigenvalue weighted by Gasteiger charge is 2.12. The van der Waals surface area contributed by atoms with Gasteiger partial charge in [0.15, 0.2) is 0 Å². The van der Waals surface area contributed by atoms with Crippen LogP contribution in [0.3, 0.4) is 0 Å². The molecule has 0 aliphatic rings. The van der Waals surface area contributed by atoms with E-state index in [2.05, 4.69) is 5.32 Å². The predicted molar refractivity (Wildman–Crippen MR) is 82.1 cm³/mol. The van der Waals surface area contributed by atoms with Crippen molar-refractivity contribution in [2.45, 2.75) is 0 Å². The maximum Gasteiger partial charge on any atom is 0.288 e. The first-order chi connectivity index (χ1) is 10.9. The highest BCUT2D eigenvalue weighted by molar-refractivity contribution is 6.32. The lowest BCUT2D eigenvalue weighted by Crippen LogP contribution is -2.10. The van der Waals surface area contributed by atoms with Crippen molar-refractivity contribution < 1.29 is 18.5 Å². The summed E-state index contributed by atoms with van der Waals surface area (Å²) < 4.78 is 26.8. The van der Waals surface area contributed by atoms with Gasteiger partial charge in [-0.05, 0) is 29.8 Å². The van der Waals surface area contributed by atoms with Crippen molar-refractivity contribution in [1.82, 2.24) is 0 Å². The fourth-order valence-corrected chi connectivity index (χ4v) is 1.91. The minimum absolute atomic E-state index is 0.0370. The van der Waals surface area contributed by atoms with Crippen molar-refractivity contribution in [3.8, 4) is 0 Å². The third-order valence-electron chi connectivity index (χ3n) is 2.81. The Morgan fingerprint density at radius 2 is 1.87 bits per heavy atom. The standard InChI is InChI=1S/C15H9ClF2N2O3/c16-10-6-4-9(8-13(10)20(22)23)5-7-14(21)19-15-11(17)2-1-3-12(15)18/h1-8H,(H,19,21)/b7-5+. The average Bonchev–Trinajstić information content (AvgIpc) is 2.50. The average molecular weight is 339 g/mol. The molecule has 0 aliphatic heterocycles. The van der Waals surface area contributed by atoms with Crippen molar-refractivity contribution in [2.75, 3.05) is 5.32 Å². The smallest absolute Gasteiger partial charge is 0.288 e. The van der Waals surface area contributed by atoms with Crippen LogP contribution in [0.25, 0.3) is 6.08 Å². The molecule has 2 aromatic rings. The van der Waals surface area contributed by atoms with E-state index in [1.165, 1.54) is 30.3 Å². The summed E-state index contributed by atoms with van der Waals surface area (Å²) in [6.45, 7) is 0. The Kier molecular flexibility index (Phi) is 5.02. The fourth-order valence-electron chi connectivity index (χ4n) is 1.73. The van der Waals surface area contributed by atoms with Crippen LogP contribution < -0.4 is 5.32 Å². The summed E-state index contributed by atoms with van der Waals surface area (Å²) >= 11 is 5.67. The van der Waals surface area contributed by atoms with E-state index in [9.17, 15) is 23.7 Å². The zero-order chi connectivity index (χ0) is 17.0. The number of carbonyl (C=O) groups excluding carboxylic acids is 1. The Balaban J connectivity index is 2.16. The minimum Gasteiger partial charge on any atom is -0.318 e. The largest absolute Gasteiger partial charge is 0.318 e. The van der Waals surface area contributed by atoms with E-state index in [4.69, 9.17) is 11.6 Å². The molecule has 8 heteroatoms. The second-order valence-electron chi connectivity index (χ2n) is 4.39. The number of halogens is 3. The van der Waals surface area contributed by atoms with Gasteiger partial charge in [0.2, 0.25) is 5.91 Å². The van der Waals surface area contributed by atoms with E-state index in [1.54, 1.807) is 0 Å². The Hall–Kier alpha value is -2.80. The van der Waals surface area contributed by atoms with Crippen LogP contribution in [0.15, 0.2) is 42.5 Å². The van der Waals surface area contributed by atoms with E-state index in [0.717, 1.165) is 18.2 Å². The third-order valence-corrected chi connectivity index (χ3v) is 3.12. The molecule has 0 aromatic heterocycles. The van der Waals surface area contributed by atoms with Crippen molar-refractivity contribution in [3.05, 3.63) is 74.8 Å². The van der Waals surface area contributed by atoms with Crippen LogP contribution in [0.4, 0.5) is 20.2 Å². The Bertz CT molecular complexity index is 789. The van der Waals surface area contributed by atoms with Crippen LogP contribution in [-0.4, -0.2) is 10.8 Å². The number of benzene rings is 2. The zero-order valence-electron chi connectivity index (χ0n) is 11.4. The van der Waals surface area contributed by atoms with Crippen molar-refractivity contribution in [1.29, 1.82) is 0 Å². The molecule has 0 spiro atoms. The predicted octanol–water partition coefficient (Wildman–Crippen LogP) is 4.18. The number of carbonyl (C=O) groups is 1. The minimum atomic E-state index is -0.908. The van der Waals surface area contributed by atoms with E-state index in [-0.39, 0.29) is 10.7 Å². The van der Waals surface area contributed by atoms with E-state index in [0.29, 0.717) is 5.56 Å². The second kappa shape index (κ2) is 6.97. The van der Waals surface area contributed by atoms with Gasteiger partial charge in [-0.1, -0.05) is 23.7 Å². The van der Waals surface area contributed by atoms with Gasteiger partial charge in [-0.2, -0.15) is 0 Å². The molecule has 0 bridgehead atoms. The van der Waals surface area contributed by atoms with Gasteiger partial charge in [0.1, 0.15) is 22.3 Å². The number of nitrogens with zero attached hydrogens (tertiary/aromatic N) is 1. The SMILES string of the molecule is O=C(/C=C/c1ccc(Cl)c([N+](=O)[O-])c1)Nc1c(F)cccc1F. The van der Waals surface area contributed by atoms with E-state index >= 15 is 0 Å². The summed E-state index contributed by atoms with van der Waals surface area (Å²) in [5.41, 5.74) is -0.538. The van der Waals surface area contributed by atoms with Gasteiger partial charge in [-0.15, -0.1) is 0 Å². The summed E-state index contributed by atoms with van der Waals surface area (Å²) in [5.74, 6) is -2.60. The summed E-state index contributed by atoms with van der Waals surface area (Å²) in [5, 5.41) is 12.8. The molecule has 1 amide bonds. The maximum absolute atomic E-state index is 13.4. The molecular weight excluding hydrogens is 330 g/mol. The van der Waals surface area contributed by atoms with E-state index < -0.39 is 28.2 Å². The van der Waals surface area contributed by atoms with Crippen LogP contribution in [0.5, 0.6) is 0 Å². The van der Waals surface area contributed by atoms with Gasteiger partial charge in [0.25, 0.3) is 5.69 Å². The van der Waals surface area contributed by atoms with Gasteiger partial charge < -0.3 is 5.32 Å². The summed E-state index contributed by atoms with van der Waals surface area (Å²) in [6.07, 6.45) is 2.26. The monoisotopic (exact) mass is 338 g/mol. The molecule has 2 rings (SSSR count). The number of anilines is 1. The fraction of sp³-hybridized carbons (Fsp3) is 0. The number of nitro groups is 1. The second-order valence-corrected chi connectivity index (χ2v) is 4.79. The van der Waals surface area contributed by atoms with Crippen LogP contribution in [0.1, 0.15) is 5.56 Å². The topological polar surface area (TPSA) is 72.2 Å². The number of para-hydroxylation sites is 1. The maximum atomic E-state index is 13.4. The van der Waals surface area contributed by atoms with Gasteiger partial charge >= 0.3 is 0 Å². The molecule has 0 aliphatic carbocycles. The van der Waals surface area contributed by atoms with Crippen molar-refractivity contribution in [2.24, 2.45) is 0 Å². The molecular formula is C15H9ClF2N2O3. The summed E-state index contributed by atoms with van der Waals surface area (Å²) in [7, 11) is 0. The molecule has 0 saturated carbocycles. The molecule has 0 fully saturated rings. The lowest BCUT2D eigenvalue weighted by atomic mass is 10.2. The first-order valence-electron chi connectivity index (χ1n) is 6.25. The Labute approximate surface area is 134 Å². The van der Waals surface area contributed by atoms with Crippen LogP contribution in [0.2, 0.25) is 5.02 Å². The van der Waals surface area contributed by atoms with Crippen molar-refractivity contribution in [3.63, 3.8) is 0 Å². The highest BCUT2D eigenvalue weighted by Crippen LogP contribution is 2.25. The van der Waals surface area contributed by atoms with Gasteiger partial charge in [-0.25, -0.2) is 8.78 Å². The molecule has 2 aromatic carbocycles. The van der Waals surface area contributed by atoms with E-state index in [1.807, 2.05) is 0 Å². The first kappa shape index (κ1) is 16.6. The number of rotatable bonds is 4. The normalized spacial score (nSPS) is 10.7. The van der Waals surface area contributed by atoms with Gasteiger partial charge in [0, 0.05) is 12.1 Å². The number of nitro benzene ring substituents is 1. The van der Waals surface area contributed by atoms with Crippen molar-refractivity contribution >= 4 is 35.0 Å². The lowest BCUT2D eigenvalue weighted by molar-refractivity contribution is -0.384. The van der Waals surface area contributed by atoms with Crippen LogP contribution in [-0.2, 0) is 4.79 Å². The van der Waals surface area contributed by atoms with Crippen LogP contribution >= 0.6 is 11.6 Å². The third kappa shape index (κ3) is 4.10. The van der Waals surface area contributed by atoms with Crippen LogP contribution in [0, 0.1) is 21.7 Å². The molecule has 1 N–H and O–H groups in total. The summed E-state index contributed by atoms with van der Waals surface area (Å²) in [4.78, 5) is 21.8. The molecule has 0 atom stereocenters. The van der Waals surface area contributed by atoms with Gasteiger partial charge in [-0.3, -0.25) is 14.9 Å². The Morgan fingerprint density at radius 3 is 2.48 bits per heavy atom. The number of hydrogen-bond acceptors (Lipinski definition) is 3. The molecule has 0 heterocycles. The molecule has 0 saturated heterocycles. The van der Waals surface area contributed by atoms with Gasteiger partial charge in [0.05, 0.1) is 4.92 Å². The number of nitrogens with one attached hydrogen (secondary N) is 1. The highest BCUT2D eigenvalue weighted by atomic mass is 35.5.